The van der Waals surface area contributed by atoms with Crippen molar-refractivity contribution in [3.63, 3.8) is 0 Å². The number of anilines is 1. The summed E-state index contributed by atoms with van der Waals surface area (Å²) in [5.41, 5.74) is -0.577. The van der Waals surface area contributed by atoms with E-state index in [9.17, 15) is 9.90 Å². The van der Waals surface area contributed by atoms with Gasteiger partial charge in [0.2, 0.25) is 0 Å². The van der Waals surface area contributed by atoms with Crippen LogP contribution in [0.25, 0.3) is 0 Å². The molecule has 0 aromatic carbocycles. The Hall–Kier alpha value is -1.18. The smallest absolute Gasteiger partial charge is 0.312 e. The van der Waals surface area contributed by atoms with Crippen LogP contribution in [0.1, 0.15) is 37.0 Å². The first-order valence-corrected chi connectivity index (χ1v) is 10.6. The van der Waals surface area contributed by atoms with Crippen molar-refractivity contribution in [3.05, 3.63) is 11.1 Å². The van der Waals surface area contributed by atoms with E-state index in [1.807, 2.05) is 25.2 Å². The average molecular weight is 379 g/mol. The van der Waals surface area contributed by atoms with Gasteiger partial charge in [-0.25, -0.2) is 4.98 Å². The summed E-state index contributed by atoms with van der Waals surface area (Å²) in [5, 5.41) is 11.1. The van der Waals surface area contributed by atoms with Gasteiger partial charge in [-0.05, 0) is 12.8 Å². The summed E-state index contributed by atoms with van der Waals surface area (Å²) in [5.74, 6) is -0.343. The van der Waals surface area contributed by atoms with E-state index in [1.165, 1.54) is 37.0 Å². The molecular formula is C19H30N4O2S. The van der Waals surface area contributed by atoms with Gasteiger partial charge >= 0.3 is 5.97 Å². The maximum absolute atomic E-state index is 12.3. The molecule has 6 nitrogen and oxygen atoms in total. The molecular weight excluding hydrogens is 348 g/mol. The molecule has 0 amide bonds. The average Bonchev–Trinajstić information content (AvgIpc) is 3.29. The monoisotopic (exact) mass is 378 g/mol. The molecule has 1 aliphatic carbocycles. The molecule has 1 aromatic heterocycles. The normalized spacial score (nSPS) is 30.6. The molecule has 144 valence electrons. The van der Waals surface area contributed by atoms with Crippen LogP contribution in [0.5, 0.6) is 0 Å². The van der Waals surface area contributed by atoms with E-state index in [0.717, 1.165) is 31.3 Å². The van der Waals surface area contributed by atoms with Gasteiger partial charge in [0.1, 0.15) is 0 Å². The van der Waals surface area contributed by atoms with Gasteiger partial charge in [-0.15, -0.1) is 11.3 Å². The highest BCUT2D eigenvalue weighted by atomic mass is 32.1. The Balaban J connectivity index is 1.43. The molecule has 0 unspecified atom stereocenters. The van der Waals surface area contributed by atoms with Gasteiger partial charge in [0.05, 0.1) is 5.41 Å². The summed E-state index contributed by atoms with van der Waals surface area (Å²) in [7, 11) is 4.00. The van der Waals surface area contributed by atoms with E-state index in [1.54, 1.807) is 11.3 Å². The molecule has 1 aromatic rings. The summed E-state index contributed by atoms with van der Waals surface area (Å²) >= 11 is 1.70. The van der Waals surface area contributed by atoms with Crippen molar-refractivity contribution in [1.29, 1.82) is 0 Å². The maximum Gasteiger partial charge on any atom is 0.312 e. The number of likely N-dealkylation sites (tertiary alicyclic amines) is 2. The Morgan fingerprint density at radius 1 is 1.31 bits per heavy atom. The van der Waals surface area contributed by atoms with Crippen LogP contribution in [0, 0.1) is 11.3 Å². The van der Waals surface area contributed by atoms with Crippen LogP contribution in [-0.2, 0) is 11.3 Å². The largest absolute Gasteiger partial charge is 0.481 e. The molecule has 26 heavy (non-hydrogen) atoms. The zero-order valence-corrected chi connectivity index (χ0v) is 16.7. The van der Waals surface area contributed by atoms with E-state index >= 15 is 0 Å². The number of hydrogen-bond acceptors (Lipinski definition) is 6. The minimum absolute atomic E-state index is 0.253. The van der Waals surface area contributed by atoms with Crippen molar-refractivity contribution < 1.29 is 9.90 Å². The highest BCUT2D eigenvalue weighted by Gasteiger charge is 2.58. The number of carbonyl (C=O) groups is 1. The highest BCUT2D eigenvalue weighted by molar-refractivity contribution is 7.15. The quantitative estimate of drug-likeness (QED) is 0.849. The third-order valence-electron chi connectivity index (χ3n) is 6.53. The lowest BCUT2D eigenvalue weighted by atomic mass is 9.81. The van der Waals surface area contributed by atoms with Gasteiger partial charge < -0.3 is 10.0 Å². The van der Waals surface area contributed by atoms with Crippen molar-refractivity contribution >= 4 is 22.4 Å². The van der Waals surface area contributed by atoms with Crippen molar-refractivity contribution in [2.24, 2.45) is 11.3 Å². The second-order valence-corrected chi connectivity index (χ2v) is 9.65. The molecule has 0 spiro atoms. The van der Waals surface area contributed by atoms with Crippen LogP contribution in [-0.4, -0.2) is 72.2 Å². The highest BCUT2D eigenvalue weighted by Crippen LogP contribution is 2.45. The number of aromatic nitrogens is 1. The standard InChI is InChI=1S/C19H30N4O2S/c1-21(2)18-20-8-16(26-18)11-22-9-14-10-23(15-6-4-3-5-7-15)13-19(14,12-22)17(24)25/h8,14-15H,3-7,9-13H2,1-2H3,(H,24,25)/t14-,19-/m0/s1. The van der Waals surface area contributed by atoms with Crippen molar-refractivity contribution in [3.8, 4) is 0 Å². The van der Waals surface area contributed by atoms with Gasteiger partial charge in [-0.3, -0.25) is 14.6 Å². The van der Waals surface area contributed by atoms with Crippen LogP contribution >= 0.6 is 11.3 Å². The number of carboxylic acid groups (broad SMARTS) is 1. The molecule has 2 saturated heterocycles. The Morgan fingerprint density at radius 3 is 2.69 bits per heavy atom. The first kappa shape index (κ1) is 18.2. The van der Waals surface area contributed by atoms with Crippen molar-refractivity contribution in [2.75, 3.05) is 45.2 Å². The molecule has 2 atom stereocenters. The zero-order chi connectivity index (χ0) is 18.3. The number of nitrogens with zero attached hydrogens (tertiary/aromatic N) is 4. The van der Waals surface area contributed by atoms with Gasteiger partial charge in [-0.2, -0.15) is 0 Å². The van der Waals surface area contributed by atoms with E-state index in [0.29, 0.717) is 12.6 Å². The second-order valence-electron chi connectivity index (χ2n) is 8.55. The first-order valence-electron chi connectivity index (χ1n) is 9.80. The fourth-order valence-electron chi connectivity index (χ4n) is 5.15. The minimum Gasteiger partial charge on any atom is -0.481 e. The second kappa shape index (κ2) is 7.09. The Bertz CT molecular complexity index is 658. The predicted molar refractivity (Wildman–Crippen MR) is 104 cm³/mol. The topological polar surface area (TPSA) is 59.9 Å². The lowest BCUT2D eigenvalue weighted by molar-refractivity contribution is -0.149. The van der Waals surface area contributed by atoms with Crippen molar-refractivity contribution in [2.45, 2.75) is 44.7 Å². The Kier molecular flexibility index (Phi) is 4.96. The Morgan fingerprint density at radius 2 is 2.08 bits per heavy atom. The van der Waals surface area contributed by atoms with Crippen LogP contribution in [0.15, 0.2) is 6.20 Å². The van der Waals surface area contributed by atoms with Crippen LogP contribution in [0.4, 0.5) is 5.13 Å². The van der Waals surface area contributed by atoms with E-state index in [4.69, 9.17) is 0 Å². The summed E-state index contributed by atoms with van der Waals surface area (Å²) < 4.78 is 0. The van der Waals surface area contributed by atoms with Crippen LogP contribution < -0.4 is 4.90 Å². The van der Waals surface area contributed by atoms with E-state index in [-0.39, 0.29) is 5.92 Å². The number of thiazole rings is 1. The molecule has 2 aliphatic heterocycles. The van der Waals surface area contributed by atoms with Crippen LogP contribution in [0.2, 0.25) is 0 Å². The summed E-state index contributed by atoms with van der Waals surface area (Å²) in [6.07, 6.45) is 8.39. The molecule has 0 radical (unpaired) electrons. The fraction of sp³-hybridized carbons (Fsp3) is 0.789. The summed E-state index contributed by atoms with van der Waals surface area (Å²) in [6.45, 7) is 4.08. The number of carboxylic acids is 1. The zero-order valence-electron chi connectivity index (χ0n) is 15.9. The van der Waals surface area contributed by atoms with Gasteiger partial charge in [0, 0.05) is 69.9 Å². The molecule has 4 rings (SSSR count). The minimum atomic E-state index is -0.596. The molecule has 3 heterocycles. The third kappa shape index (κ3) is 3.25. The maximum atomic E-state index is 12.3. The lowest BCUT2D eigenvalue weighted by Gasteiger charge is -2.33. The Labute approximate surface area is 159 Å². The summed E-state index contributed by atoms with van der Waals surface area (Å²) in [4.78, 5) is 24.8. The van der Waals surface area contributed by atoms with E-state index < -0.39 is 11.4 Å². The summed E-state index contributed by atoms with van der Waals surface area (Å²) in [6, 6.07) is 0.614. The van der Waals surface area contributed by atoms with Gasteiger partial charge in [0.15, 0.2) is 5.13 Å². The molecule has 3 aliphatic rings. The first-order chi connectivity index (χ1) is 12.5. The van der Waals surface area contributed by atoms with Gasteiger partial charge in [0.25, 0.3) is 0 Å². The number of rotatable bonds is 5. The fourth-order valence-corrected chi connectivity index (χ4v) is 6.03. The van der Waals surface area contributed by atoms with E-state index in [2.05, 4.69) is 14.8 Å². The molecule has 1 N–H and O–H groups in total. The number of fused-ring (bicyclic) bond motifs is 1. The molecule has 1 saturated carbocycles. The molecule has 7 heteroatoms. The third-order valence-corrected chi connectivity index (χ3v) is 7.68. The molecule has 3 fully saturated rings. The number of hydrogen-bond donors (Lipinski definition) is 1. The van der Waals surface area contributed by atoms with Gasteiger partial charge in [-0.1, -0.05) is 19.3 Å². The number of aliphatic carboxylic acids is 1. The predicted octanol–water partition coefficient (Wildman–Crippen LogP) is 2.36. The van der Waals surface area contributed by atoms with Crippen LogP contribution in [0.3, 0.4) is 0 Å². The SMILES string of the molecule is CN(C)c1ncc(CN2C[C@H]3CN(C4CCCCC4)C[C@@]3(C(=O)O)C2)s1. The molecule has 0 bridgehead atoms. The van der Waals surface area contributed by atoms with Crippen molar-refractivity contribution in [1.82, 2.24) is 14.8 Å². The lowest BCUT2D eigenvalue weighted by Crippen LogP contribution is -2.43.